The number of nitrogens with two attached hydrogens (primary N) is 1. The van der Waals surface area contributed by atoms with Gasteiger partial charge in [0, 0.05) is 9.13 Å². The van der Waals surface area contributed by atoms with Crippen LogP contribution in [0.2, 0.25) is 0 Å². The Bertz CT molecular complexity index is 368. The molecule has 0 aliphatic heterocycles. The second-order valence-corrected chi connectivity index (χ2v) is 5.27. The van der Waals surface area contributed by atoms with Gasteiger partial charge in [0.25, 0.3) is 0 Å². The van der Waals surface area contributed by atoms with Crippen molar-refractivity contribution in [3.8, 4) is 0 Å². The molecule has 0 heterocycles. The summed E-state index contributed by atoms with van der Waals surface area (Å²) in [5, 5.41) is 9.83. The van der Waals surface area contributed by atoms with E-state index in [1.807, 2.05) is 0 Å². The highest BCUT2D eigenvalue weighted by molar-refractivity contribution is 14.1. The summed E-state index contributed by atoms with van der Waals surface area (Å²) in [6.45, 7) is 0. The van der Waals surface area contributed by atoms with E-state index in [4.69, 9.17) is 5.73 Å². The fourth-order valence-corrected chi connectivity index (χ4v) is 2.20. The number of aliphatic hydroxyl groups is 1. The molecule has 0 radical (unpaired) electrons. The molecular weight excluding hydrogens is 308 g/mol. The standard InChI is InChI=1S/C11H13FINO/c12-9-4-3-7(13)5-8(9)10(14)11(15)6-1-2-6/h3-6,10-11,15H,1-2,14H2/t10-,11+/m1/s1. The molecule has 82 valence electrons. The predicted octanol–water partition coefficient (Wildman–Crippen LogP) is 2.20. The summed E-state index contributed by atoms with van der Waals surface area (Å²) in [6.07, 6.45) is 1.39. The first-order valence-corrected chi connectivity index (χ1v) is 6.06. The van der Waals surface area contributed by atoms with E-state index in [1.54, 1.807) is 12.1 Å². The van der Waals surface area contributed by atoms with E-state index in [1.165, 1.54) is 6.07 Å². The molecule has 0 amide bonds. The van der Waals surface area contributed by atoms with Crippen molar-refractivity contribution in [3.05, 3.63) is 33.1 Å². The molecule has 0 unspecified atom stereocenters. The monoisotopic (exact) mass is 321 g/mol. The summed E-state index contributed by atoms with van der Waals surface area (Å²) < 4.78 is 14.4. The highest BCUT2D eigenvalue weighted by Gasteiger charge is 2.35. The van der Waals surface area contributed by atoms with E-state index in [0.717, 1.165) is 16.4 Å². The van der Waals surface area contributed by atoms with E-state index < -0.39 is 12.1 Å². The zero-order chi connectivity index (χ0) is 11.0. The zero-order valence-electron chi connectivity index (χ0n) is 8.16. The number of aliphatic hydroxyl groups excluding tert-OH is 1. The van der Waals surface area contributed by atoms with Gasteiger partial charge in [-0.05, 0) is 59.5 Å². The van der Waals surface area contributed by atoms with Crippen LogP contribution in [0.1, 0.15) is 24.4 Å². The first-order chi connectivity index (χ1) is 7.09. The molecule has 1 saturated carbocycles. The van der Waals surface area contributed by atoms with Crippen LogP contribution in [0.4, 0.5) is 4.39 Å². The van der Waals surface area contributed by atoms with E-state index in [-0.39, 0.29) is 11.7 Å². The van der Waals surface area contributed by atoms with Gasteiger partial charge < -0.3 is 10.8 Å². The molecular formula is C11H13FINO. The second kappa shape index (κ2) is 4.35. The summed E-state index contributed by atoms with van der Waals surface area (Å²) >= 11 is 2.11. The minimum atomic E-state index is -0.613. The van der Waals surface area contributed by atoms with Gasteiger partial charge in [0.1, 0.15) is 5.82 Å². The summed E-state index contributed by atoms with van der Waals surface area (Å²) in [5.41, 5.74) is 6.27. The summed E-state index contributed by atoms with van der Waals surface area (Å²) in [6, 6.07) is 4.19. The van der Waals surface area contributed by atoms with Crippen LogP contribution in [-0.4, -0.2) is 11.2 Å². The molecule has 3 N–H and O–H groups in total. The third-order valence-corrected chi connectivity index (χ3v) is 3.46. The molecule has 15 heavy (non-hydrogen) atoms. The van der Waals surface area contributed by atoms with Gasteiger partial charge >= 0.3 is 0 Å². The second-order valence-electron chi connectivity index (χ2n) is 4.02. The third-order valence-electron chi connectivity index (χ3n) is 2.79. The van der Waals surface area contributed by atoms with Crippen molar-refractivity contribution in [1.82, 2.24) is 0 Å². The van der Waals surface area contributed by atoms with Crippen molar-refractivity contribution in [3.63, 3.8) is 0 Å². The summed E-state index contributed by atoms with van der Waals surface area (Å²) in [5.74, 6) is -0.0696. The largest absolute Gasteiger partial charge is 0.391 e. The lowest BCUT2D eigenvalue weighted by Crippen LogP contribution is -2.28. The lowest BCUT2D eigenvalue weighted by atomic mass is 9.99. The van der Waals surface area contributed by atoms with Crippen molar-refractivity contribution >= 4 is 22.6 Å². The number of benzene rings is 1. The highest BCUT2D eigenvalue weighted by atomic mass is 127. The van der Waals surface area contributed by atoms with Crippen molar-refractivity contribution < 1.29 is 9.50 Å². The highest BCUT2D eigenvalue weighted by Crippen LogP contribution is 2.37. The first kappa shape index (κ1) is 11.3. The van der Waals surface area contributed by atoms with E-state index in [9.17, 15) is 9.50 Å². The van der Waals surface area contributed by atoms with Gasteiger partial charge in [0.2, 0.25) is 0 Å². The molecule has 0 aromatic heterocycles. The molecule has 0 bridgehead atoms. The quantitative estimate of drug-likeness (QED) is 0.839. The Morgan fingerprint density at radius 2 is 2.13 bits per heavy atom. The van der Waals surface area contributed by atoms with Crippen LogP contribution in [-0.2, 0) is 0 Å². The molecule has 2 atom stereocenters. The molecule has 2 rings (SSSR count). The maximum absolute atomic E-state index is 13.5. The smallest absolute Gasteiger partial charge is 0.128 e. The van der Waals surface area contributed by atoms with E-state index in [2.05, 4.69) is 22.6 Å². The minimum absolute atomic E-state index is 0.261. The molecule has 1 aromatic carbocycles. The lowest BCUT2D eigenvalue weighted by molar-refractivity contribution is 0.121. The third kappa shape index (κ3) is 2.49. The molecule has 1 aliphatic carbocycles. The van der Waals surface area contributed by atoms with Gasteiger partial charge in [-0.25, -0.2) is 4.39 Å². The topological polar surface area (TPSA) is 46.2 Å². The van der Waals surface area contributed by atoms with Crippen LogP contribution in [0, 0.1) is 15.3 Å². The Balaban J connectivity index is 2.23. The van der Waals surface area contributed by atoms with Gasteiger partial charge in [-0.2, -0.15) is 0 Å². The Morgan fingerprint density at radius 1 is 1.47 bits per heavy atom. The van der Waals surface area contributed by atoms with Crippen molar-refractivity contribution in [1.29, 1.82) is 0 Å². The minimum Gasteiger partial charge on any atom is -0.391 e. The van der Waals surface area contributed by atoms with Crippen molar-refractivity contribution in [2.45, 2.75) is 25.0 Å². The molecule has 1 fully saturated rings. The van der Waals surface area contributed by atoms with Crippen LogP contribution in [0.15, 0.2) is 18.2 Å². The average Bonchev–Trinajstić information content (AvgIpc) is 3.03. The Labute approximate surface area is 102 Å². The van der Waals surface area contributed by atoms with Crippen molar-refractivity contribution in [2.24, 2.45) is 11.7 Å². The Hall–Kier alpha value is -0.200. The van der Waals surface area contributed by atoms with E-state index in [0.29, 0.717) is 5.56 Å². The molecule has 0 saturated heterocycles. The Morgan fingerprint density at radius 3 is 2.73 bits per heavy atom. The van der Waals surface area contributed by atoms with Gasteiger partial charge in [0.05, 0.1) is 12.1 Å². The maximum atomic E-state index is 13.5. The average molecular weight is 321 g/mol. The van der Waals surface area contributed by atoms with Crippen LogP contribution in [0.3, 0.4) is 0 Å². The first-order valence-electron chi connectivity index (χ1n) is 4.98. The molecule has 2 nitrogen and oxygen atoms in total. The number of halogens is 2. The molecule has 4 heteroatoms. The normalized spacial score (nSPS) is 20.0. The number of hydrogen-bond donors (Lipinski definition) is 2. The fraction of sp³-hybridized carbons (Fsp3) is 0.455. The summed E-state index contributed by atoms with van der Waals surface area (Å²) in [4.78, 5) is 0. The van der Waals surface area contributed by atoms with Crippen LogP contribution in [0.5, 0.6) is 0 Å². The molecule has 0 spiro atoms. The van der Waals surface area contributed by atoms with Gasteiger partial charge in [0.15, 0.2) is 0 Å². The Kier molecular flexibility index (Phi) is 3.27. The van der Waals surface area contributed by atoms with Gasteiger partial charge in [-0.3, -0.25) is 0 Å². The lowest BCUT2D eigenvalue weighted by Gasteiger charge is -2.19. The van der Waals surface area contributed by atoms with Gasteiger partial charge in [-0.1, -0.05) is 0 Å². The van der Waals surface area contributed by atoms with Crippen molar-refractivity contribution in [2.75, 3.05) is 0 Å². The zero-order valence-corrected chi connectivity index (χ0v) is 10.3. The van der Waals surface area contributed by atoms with Crippen LogP contribution < -0.4 is 5.73 Å². The molecule has 1 aliphatic rings. The SMILES string of the molecule is N[C@H](c1cc(I)ccc1F)[C@@H](O)C1CC1. The predicted molar refractivity (Wildman–Crippen MR) is 64.8 cm³/mol. The number of rotatable bonds is 3. The van der Waals surface area contributed by atoms with E-state index >= 15 is 0 Å². The fourth-order valence-electron chi connectivity index (χ4n) is 1.68. The molecule has 1 aromatic rings. The summed E-state index contributed by atoms with van der Waals surface area (Å²) in [7, 11) is 0. The number of hydrogen-bond acceptors (Lipinski definition) is 2. The van der Waals surface area contributed by atoms with Gasteiger partial charge in [-0.15, -0.1) is 0 Å². The van der Waals surface area contributed by atoms with Crippen LogP contribution >= 0.6 is 22.6 Å². The van der Waals surface area contributed by atoms with Crippen LogP contribution in [0.25, 0.3) is 0 Å². The maximum Gasteiger partial charge on any atom is 0.128 e.